The first-order valence-corrected chi connectivity index (χ1v) is 7.46. The molecular weight excluding hydrogens is 258 g/mol. The van der Waals surface area contributed by atoms with Crippen LogP contribution in [0.1, 0.15) is 17.7 Å². The van der Waals surface area contributed by atoms with Crippen LogP contribution >= 0.6 is 11.3 Å². The van der Waals surface area contributed by atoms with Gasteiger partial charge < -0.3 is 9.64 Å². The monoisotopic (exact) mass is 275 g/mol. The van der Waals surface area contributed by atoms with Gasteiger partial charge in [-0.15, -0.1) is 11.3 Å². The van der Waals surface area contributed by atoms with E-state index < -0.39 is 0 Å². The third-order valence-electron chi connectivity index (χ3n) is 3.21. The smallest absolute Gasteiger partial charge is 0.225 e. The van der Waals surface area contributed by atoms with Gasteiger partial charge in [0.05, 0.1) is 12.6 Å². The lowest BCUT2D eigenvalue weighted by atomic mass is 10.2. The van der Waals surface area contributed by atoms with E-state index in [9.17, 15) is 0 Å². The maximum atomic E-state index is 5.73. The highest BCUT2D eigenvalue weighted by atomic mass is 32.1. The van der Waals surface area contributed by atoms with Crippen LogP contribution in [0, 0.1) is 0 Å². The van der Waals surface area contributed by atoms with E-state index >= 15 is 0 Å². The second kappa shape index (κ2) is 6.12. The number of anilines is 1. The molecule has 100 valence electrons. The van der Waals surface area contributed by atoms with Gasteiger partial charge in [0.25, 0.3) is 0 Å². The molecule has 3 rings (SSSR count). The molecule has 2 aromatic heterocycles. The third-order valence-corrected chi connectivity index (χ3v) is 4.07. The number of hydrogen-bond donors (Lipinski definition) is 0. The minimum atomic E-state index is 0.309. The molecule has 2 aromatic rings. The summed E-state index contributed by atoms with van der Waals surface area (Å²) in [5.41, 5.74) is 0. The van der Waals surface area contributed by atoms with E-state index in [0.717, 1.165) is 38.5 Å². The van der Waals surface area contributed by atoms with Crippen molar-refractivity contribution in [1.29, 1.82) is 0 Å². The molecule has 0 bridgehead atoms. The molecule has 1 saturated heterocycles. The maximum absolute atomic E-state index is 5.73. The number of hydrogen-bond acceptors (Lipinski definition) is 5. The molecule has 3 heterocycles. The van der Waals surface area contributed by atoms with Crippen molar-refractivity contribution in [2.75, 3.05) is 18.1 Å². The third kappa shape index (κ3) is 3.30. The van der Waals surface area contributed by atoms with Crippen molar-refractivity contribution in [2.45, 2.75) is 25.5 Å². The second-order valence-corrected chi connectivity index (χ2v) is 5.68. The van der Waals surface area contributed by atoms with Gasteiger partial charge in [0.15, 0.2) is 0 Å². The maximum Gasteiger partial charge on any atom is 0.225 e. The van der Waals surface area contributed by atoms with Crippen LogP contribution in [-0.4, -0.2) is 29.2 Å². The predicted octanol–water partition coefficient (Wildman–Crippen LogP) is 2.72. The van der Waals surface area contributed by atoms with Crippen molar-refractivity contribution in [1.82, 2.24) is 9.97 Å². The van der Waals surface area contributed by atoms with Crippen molar-refractivity contribution in [3.05, 3.63) is 40.8 Å². The lowest BCUT2D eigenvalue weighted by Gasteiger charge is -2.24. The van der Waals surface area contributed by atoms with Crippen LogP contribution in [0.4, 0.5) is 5.95 Å². The summed E-state index contributed by atoms with van der Waals surface area (Å²) in [6.07, 6.45) is 6.18. The molecule has 0 saturated carbocycles. The fourth-order valence-electron chi connectivity index (χ4n) is 2.30. The van der Waals surface area contributed by atoms with E-state index in [4.69, 9.17) is 4.74 Å². The lowest BCUT2D eigenvalue weighted by Crippen LogP contribution is -2.32. The highest BCUT2D eigenvalue weighted by Crippen LogP contribution is 2.19. The number of thiophene rings is 1. The minimum absolute atomic E-state index is 0.309. The second-order valence-electron chi connectivity index (χ2n) is 4.64. The Hall–Kier alpha value is -1.46. The molecule has 1 atom stereocenters. The molecule has 5 heteroatoms. The van der Waals surface area contributed by atoms with Gasteiger partial charge in [-0.25, -0.2) is 9.97 Å². The van der Waals surface area contributed by atoms with E-state index in [1.54, 1.807) is 23.7 Å². The molecule has 0 aromatic carbocycles. The topological polar surface area (TPSA) is 38.2 Å². The lowest BCUT2D eigenvalue weighted by molar-refractivity contribution is 0.115. The van der Waals surface area contributed by atoms with Gasteiger partial charge in [-0.3, -0.25) is 0 Å². The average molecular weight is 275 g/mol. The zero-order chi connectivity index (χ0) is 12.9. The van der Waals surface area contributed by atoms with Crippen LogP contribution in [0.25, 0.3) is 0 Å². The number of ether oxygens (including phenoxy) is 1. The van der Waals surface area contributed by atoms with E-state index in [-0.39, 0.29) is 0 Å². The quantitative estimate of drug-likeness (QED) is 0.841. The Balaban J connectivity index is 1.74. The van der Waals surface area contributed by atoms with Crippen molar-refractivity contribution >= 4 is 17.3 Å². The Morgan fingerprint density at radius 3 is 2.89 bits per heavy atom. The van der Waals surface area contributed by atoms with Crippen LogP contribution in [0.15, 0.2) is 36.0 Å². The summed E-state index contributed by atoms with van der Waals surface area (Å²) < 4.78 is 5.73. The Bertz CT molecular complexity index is 483. The number of nitrogens with zero attached hydrogens (tertiary/aromatic N) is 3. The summed E-state index contributed by atoms with van der Waals surface area (Å²) >= 11 is 1.77. The summed E-state index contributed by atoms with van der Waals surface area (Å²) in [6, 6.07) is 6.07. The Morgan fingerprint density at radius 1 is 1.32 bits per heavy atom. The van der Waals surface area contributed by atoms with E-state index in [1.165, 1.54) is 4.88 Å². The molecule has 4 nitrogen and oxygen atoms in total. The van der Waals surface area contributed by atoms with Crippen LogP contribution in [-0.2, 0) is 11.3 Å². The van der Waals surface area contributed by atoms with Crippen molar-refractivity contribution in [2.24, 2.45) is 0 Å². The summed E-state index contributed by atoms with van der Waals surface area (Å²) in [5.74, 6) is 0.784. The average Bonchev–Trinajstić information content (AvgIpc) is 3.12. The number of rotatable bonds is 5. The van der Waals surface area contributed by atoms with Crippen LogP contribution in [0.3, 0.4) is 0 Å². The zero-order valence-corrected chi connectivity index (χ0v) is 11.6. The van der Waals surface area contributed by atoms with Crippen molar-refractivity contribution in [3.63, 3.8) is 0 Å². The summed E-state index contributed by atoms with van der Waals surface area (Å²) in [7, 11) is 0. The molecular formula is C14H17N3OS. The van der Waals surface area contributed by atoms with Gasteiger partial charge in [0, 0.05) is 30.4 Å². The van der Waals surface area contributed by atoms with Crippen LogP contribution in [0.5, 0.6) is 0 Å². The van der Waals surface area contributed by atoms with Crippen molar-refractivity contribution in [3.8, 4) is 0 Å². The molecule has 19 heavy (non-hydrogen) atoms. The fraction of sp³-hybridized carbons (Fsp3) is 0.429. The zero-order valence-electron chi connectivity index (χ0n) is 10.7. The highest BCUT2D eigenvalue weighted by Gasteiger charge is 2.21. The van der Waals surface area contributed by atoms with Gasteiger partial charge >= 0.3 is 0 Å². The first-order valence-electron chi connectivity index (χ1n) is 6.58. The molecule has 0 unspecified atom stereocenters. The first-order chi connectivity index (χ1) is 9.42. The standard InChI is InChI=1S/C14H17N3OS/c1-4-12(18-8-1)10-17(11-13-5-2-9-19-13)14-15-6-3-7-16-14/h2-3,5-7,9,12H,1,4,8,10-11H2/t12-/m0/s1. The molecule has 0 spiro atoms. The normalized spacial score (nSPS) is 18.6. The van der Waals surface area contributed by atoms with Crippen LogP contribution < -0.4 is 4.90 Å². The van der Waals surface area contributed by atoms with E-state index in [2.05, 4.69) is 32.4 Å². The fourth-order valence-corrected chi connectivity index (χ4v) is 3.02. The van der Waals surface area contributed by atoms with Gasteiger partial charge in [0.1, 0.15) is 0 Å². The summed E-state index contributed by atoms with van der Waals surface area (Å²) in [5, 5.41) is 2.10. The largest absolute Gasteiger partial charge is 0.376 e. The first kappa shape index (κ1) is 12.6. The SMILES string of the molecule is c1cnc(N(Cc2cccs2)C[C@@H]2CCCO2)nc1. The van der Waals surface area contributed by atoms with Gasteiger partial charge in [-0.05, 0) is 30.4 Å². The van der Waals surface area contributed by atoms with E-state index in [1.807, 2.05) is 6.07 Å². The molecule has 0 amide bonds. The van der Waals surface area contributed by atoms with Gasteiger partial charge in [-0.2, -0.15) is 0 Å². The molecule has 1 fully saturated rings. The van der Waals surface area contributed by atoms with Gasteiger partial charge in [0.2, 0.25) is 5.95 Å². The molecule has 0 N–H and O–H groups in total. The summed E-state index contributed by atoms with van der Waals surface area (Å²) in [6.45, 7) is 2.59. The molecule has 0 radical (unpaired) electrons. The summed E-state index contributed by atoms with van der Waals surface area (Å²) in [4.78, 5) is 12.3. The van der Waals surface area contributed by atoms with E-state index in [0.29, 0.717) is 6.10 Å². The number of aromatic nitrogens is 2. The Morgan fingerprint density at radius 2 is 2.21 bits per heavy atom. The Labute approximate surface area is 117 Å². The van der Waals surface area contributed by atoms with Crippen LogP contribution in [0.2, 0.25) is 0 Å². The van der Waals surface area contributed by atoms with Crippen molar-refractivity contribution < 1.29 is 4.74 Å². The van der Waals surface area contributed by atoms with Gasteiger partial charge in [-0.1, -0.05) is 6.07 Å². The Kier molecular flexibility index (Phi) is 4.05. The molecule has 1 aliphatic rings. The minimum Gasteiger partial charge on any atom is -0.376 e. The predicted molar refractivity (Wildman–Crippen MR) is 76.4 cm³/mol. The highest BCUT2D eigenvalue weighted by molar-refractivity contribution is 7.09. The molecule has 1 aliphatic heterocycles. The molecule has 0 aliphatic carbocycles.